The lowest BCUT2D eigenvalue weighted by Gasteiger charge is -2.43. The SMILES string of the molecule is Cc1ccc(S(=O)(=O)NC23CCC(C#N)(C2)C3)cc1-c1cnc(N)c(-c2nn[nH]n2)n1.O=C(O)C(F)(F)F. The van der Waals surface area contributed by atoms with Gasteiger partial charge in [-0.3, -0.25) is 0 Å². The molecule has 2 heterocycles. The maximum Gasteiger partial charge on any atom is 0.490 e. The number of aryl methyl sites for hydroxylation is 1. The minimum atomic E-state index is -5.08. The number of anilines is 1. The Bertz CT molecular complexity index is 1530. The molecule has 0 radical (unpaired) electrons. The number of aromatic nitrogens is 6. The van der Waals surface area contributed by atoms with E-state index < -0.39 is 27.7 Å². The molecular weight excluding hydrogens is 531 g/mol. The molecule has 0 unspecified atom stereocenters. The fraction of sp³-hybridized carbons (Fsp3) is 0.381. The molecular formula is C21H20F3N9O4S. The number of carboxylic acid groups (broad SMARTS) is 1. The van der Waals surface area contributed by atoms with Gasteiger partial charge in [-0.1, -0.05) is 6.07 Å². The number of nitriles is 1. The zero-order valence-corrected chi connectivity index (χ0v) is 20.4. The summed E-state index contributed by atoms with van der Waals surface area (Å²) in [4.78, 5) is 17.7. The van der Waals surface area contributed by atoms with Crippen LogP contribution in [0.4, 0.5) is 19.0 Å². The number of hydrogen-bond donors (Lipinski definition) is 4. The average molecular weight is 552 g/mol. The molecule has 0 atom stereocenters. The highest BCUT2D eigenvalue weighted by Gasteiger charge is 2.62. The highest BCUT2D eigenvalue weighted by molar-refractivity contribution is 7.89. The van der Waals surface area contributed by atoms with E-state index in [1.54, 1.807) is 18.2 Å². The molecule has 3 aromatic rings. The number of tetrazole rings is 1. The number of nitrogens with one attached hydrogen (secondary N) is 2. The number of fused-ring (bicyclic) bond motifs is 1. The first-order valence-corrected chi connectivity index (χ1v) is 12.4. The minimum Gasteiger partial charge on any atom is -0.475 e. The number of nitrogen functional groups attached to an aromatic ring is 1. The molecule has 13 nitrogen and oxygen atoms in total. The van der Waals surface area contributed by atoms with Crippen LogP contribution < -0.4 is 10.5 Å². The highest BCUT2D eigenvalue weighted by Crippen LogP contribution is 2.61. The Kier molecular flexibility index (Phi) is 6.57. The maximum atomic E-state index is 13.1. The summed E-state index contributed by atoms with van der Waals surface area (Å²) in [6.07, 6.45) is -1.08. The van der Waals surface area contributed by atoms with Gasteiger partial charge in [0.05, 0.1) is 28.3 Å². The normalized spacial score (nSPS) is 22.1. The van der Waals surface area contributed by atoms with Gasteiger partial charge < -0.3 is 10.8 Å². The number of nitrogens with two attached hydrogens (primary N) is 1. The van der Waals surface area contributed by atoms with Crippen molar-refractivity contribution in [3.63, 3.8) is 0 Å². The zero-order chi connectivity index (χ0) is 27.9. The third-order valence-corrected chi connectivity index (χ3v) is 8.00. The number of nitrogens with zero attached hydrogens (tertiary/aromatic N) is 6. The van der Waals surface area contributed by atoms with E-state index in [1.165, 1.54) is 6.20 Å². The number of aliphatic carboxylic acids is 1. The van der Waals surface area contributed by atoms with Crippen LogP contribution in [0.1, 0.15) is 31.2 Å². The van der Waals surface area contributed by atoms with E-state index in [9.17, 15) is 26.9 Å². The van der Waals surface area contributed by atoms with Crippen molar-refractivity contribution in [3.05, 3.63) is 30.0 Å². The van der Waals surface area contributed by atoms with Crippen molar-refractivity contribution in [2.45, 2.75) is 49.2 Å². The van der Waals surface area contributed by atoms with Crippen LogP contribution >= 0.6 is 0 Å². The number of alkyl halides is 3. The molecule has 3 saturated carbocycles. The van der Waals surface area contributed by atoms with Gasteiger partial charge in [0.25, 0.3) is 0 Å². The Morgan fingerprint density at radius 1 is 1.29 bits per heavy atom. The quantitative estimate of drug-likeness (QED) is 0.359. The number of benzene rings is 1. The maximum absolute atomic E-state index is 13.1. The Labute approximate surface area is 213 Å². The van der Waals surface area contributed by atoms with E-state index in [0.717, 1.165) is 12.0 Å². The first kappa shape index (κ1) is 26.9. The highest BCUT2D eigenvalue weighted by atomic mass is 32.2. The van der Waals surface area contributed by atoms with Crippen LogP contribution in [0.3, 0.4) is 0 Å². The van der Waals surface area contributed by atoms with Crippen molar-refractivity contribution < 1.29 is 31.5 Å². The van der Waals surface area contributed by atoms with Crippen LogP contribution in [0.5, 0.6) is 0 Å². The largest absolute Gasteiger partial charge is 0.490 e. The number of halogens is 3. The fourth-order valence-corrected chi connectivity index (χ4v) is 6.13. The molecule has 6 rings (SSSR count). The van der Waals surface area contributed by atoms with Crippen LogP contribution in [0.2, 0.25) is 0 Å². The summed E-state index contributed by atoms with van der Waals surface area (Å²) in [5, 5.41) is 30.1. The van der Waals surface area contributed by atoms with Crippen molar-refractivity contribution in [1.82, 2.24) is 35.3 Å². The molecule has 1 aromatic carbocycles. The molecule has 0 spiro atoms. The fourth-order valence-electron chi connectivity index (χ4n) is 4.68. The molecule has 3 aliphatic carbocycles. The molecule has 200 valence electrons. The van der Waals surface area contributed by atoms with Gasteiger partial charge in [-0.2, -0.15) is 23.6 Å². The zero-order valence-electron chi connectivity index (χ0n) is 19.6. The summed E-state index contributed by atoms with van der Waals surface area (Å²) in [5.41, 5.74) is 7.13. The second kappa shape index (κ2) is 9.29. The van der Waals surface area contributed by atoms with Gasteiger partial charge in [0.1, 0.15) is 0 Å². The van der Waals surface area contributed by atoms with Gasteiger partial charge in [0, 0.05) is 11.1 Å². The molecule has 5 N–H and O–H groups in total. The molecule has 3 fully saturated rings. The van der Waals surface area contributed by atoms with Crippen LogP contribution in [0, 0.1) is 23.7 Å². The minimum absolute atomic E-state index is 0.128. The number of hydrogen-bond acceptors (Lipinski definition) is 10. The summed E-state index contributed by atoms with van der Waals surface area (Å²) in [5.74, 6) is -2.42. The molecule has 2 bridgehead atoms. The first-order valence-electron chi connectivity index (χ1n) is 10.9. The predicted molar refractivity (Wildman–Crippen MR) is 123 cm³/mol. The van der Waals surface area contributed by atoms with Crippen LogP contribution in [0.15, 0.2) is 29.3 Å². The van der Waals surface area contributed by atoms with Crippen LogP contribution in [0.25, 0.3) is 22.8 Å². The topological polar surface area (TPSA) is 214 Å². The smallest absolute Gasteiger partial charge is 0.475 e. The summed E-state index contributed by atoms with van der Waals surface area (Å²) in [7, 11) is -3.78. The Balaban J connectivity index is 0.000000426. The van der Waals surface area contributed by atoms with Crippen molar-refractivity contribution in [1.29, 1.82) is 5.26 Å². The lowest BCUT2D eigenvalue weighted by atomic mass is 9.66. The molecule has 38 heavy (non-hydrogen) atoms. The number of H-pyrrole nitrogens is 1. The molecule has 0 saturated heterocycles. The first-order chi connectivity index (χ1) is 17.7. The third kappa shape index (κ3) is 5.13. The number of aromatic amines is 1. The molecule has 17 heteroatoms. The standard InChI is InChI=1S/C19H19N9O2S.C2HF3O2/c1-11-2-3-12(31(29,30)26-19-5-4-18(8-19,9-19)10-20)6-13(11)14-7-22-16(21)15(23-14)17-24-27-28-25-17;3-2(4,5)1(6)7/h2-3,6-7,26H,4-5,8-9H2,1H3,(H2,21,22)(H,24,25,27,28);(H,6,7). The van der Waals surface area contributed by atoms with E-state index in [1.807, 2.05) is 6.92 Å². The van der Waals surface area contributed by atoms with Crippen molar-refractivity contribution in [2.75, 3.05) is 5.73 Å². The van der Waals surface area contributed by atoms with Crippen molar-refractivity contribution >= 4 is 21.8 Å². The summed E-state index contributed by atoms with van der Waals surface area (Å²) in [6.45, 7) is 1.86. The third-order valence-electron chi connectivity index (χ3n) is 6.42. The van der Waals surface area contributed by atoms with Gasteiger partial charge in [-0.15, -0.1) is 10.2 Å². The second-order valence-corrected chi connectivity index (χ2v) is 10.8. The van der Waals surface area contributed by atoms with Gasteiger partial charge in [-0.05, 0) is 55.5 Å². The van der Waals surface area contributed by atoms with E-state index in [4.69, 9.17) is 15.6 Å². The van der Waals surface area contributed by atoms with E-state index >= 15 is 0 Å². The van der Waals surface area contributed by atoms with Crippen LogP contribution in [-0.2, 0) is 14.8 Å². The molecule has 0 aliphatic heterocycles. The summed E-state index contributed by atoms with van der Waals surface area (Å²) in [6, 6.07) is 7.20. The lowest BCUT2D eigenvalue weighted by Crippen LogP contribution is -2.55. The lowest BCUT2D eigenvalue weighted by molar-refractivity contribution is -0.192. The Morgan fingerprint density at radius 2 is 1.97 bits per heavy atom. The van der Waals surface area contributed by atoms with Gasteiger partial charge in [0.2, 0.25) is 15.8 Å². The second-order valence-electron chi connectivity index (χ2n) is 9.14. The Morgan fingerprint density at radius 3 is 2.53 bits per heavy atom. The monoisotopic (exact) mass is 551 g/mol. The summed E-state index contributed by atoms with van der Waals surface area (Å²) < 4.78 is 60.8. The van der Waals surface area contributed by atoms with Crippen molar-refractivity contribution in [2.24, 2.45) is 5.41 Å². The van der Waals surface area contributed by atoms with E-state index in [0.29, 0.717) is 30.5 Å². The molecule has 2 aromatic heterocycles. The number of carboxylic acids is 1. The van der Waals surface area contributed by atoms with Crippen molar-refractivity contribution in [3.8, 4) is 28.8 Å². The van der Waals surface area contributed by atoms with E-state index in [-0.39, 0.29) is 27.6 Å². The van der Waals surface area contributed by atoms with Crippen LogP contribution in [-0.4, -0.2) is 61.8 Å². The predicted octanol–water partition coefficient (Wildman–Crippen LogP) is 1.96. The van der Waals surface area contributed by atoms with Gasteiger partial charge in [0.15, 0.2) is 11.5 Å². The number of rotatable bonds is 5. The Hall–Kier alpha value is -4.17. The number of sulfonamides is 1. The molecule has 3 aliphatic rings. The van der Waals surface area contributed by atoms with Gasteiger partial charge >= 0.3 is 12.1 Å². The molecule has 0 amide bonds. The average Bonchev–Trinajstić information content (AvgIpc) is 3.55. The van der Waals surface area contributed by atoms with E-state index in [2.05, 4.69) is 41.4 Å². The summed E-state index contributed by atoms with van der Waals surface area (Å²) >= 11 is 0. The number of carbonyl (C=O) groups is 1. The van der Waals surface area contributed by atoms with Gasteiger partial charge in [-0.25, -0.2) is 27.9 Å².